The number of aryl methyl sites for hydroxylation is 1. The summed E-state index contributed by atoms with van der Waals surface area (Å²) in [5.41, 5.74) is 3.31. The Morgan fingerprint density at radius 1 is 1.35 bits per heavy atom. The first-order chi connectivity index (χ1) is 9.45. The number of nitrogens with one attached hydrogen (secondary N) is 1. The van der Waals surface area contributed by atoms with Gasteiger partial charge in [0.1, 0.15) is 0 Å². The third-order valence-corrected chi connectivity index (χ3v) is 4.24. The zero-order valence-electron chi connectivity index (χ0n) is 12.1. The van der Waals surface area contributed by atoms with E-state index in [9.17, 15) is 0 Å². The first-order valence-electron chi connectivity index (χ1n) is 6.62. The second-order valence-corrected chi connectivity index (χ2v) is 6.42. The Balaban J connectivity index is 2.55. The van der Waals surface area contributed by atoms with Crippen LogP contribution in [0.25, 0.3) is 0 Å². The molecule has 0 aliphatic heterocycles. The molecular formula is C15H19BrClN3. The molecule has 2 aromatic rings. The first-order valence-corrected chi connectivity index (χ1v) is 7.79. The number of hydrogen-bond donors (Lipinski definition) is 1. The van der Waals surface area contributed by atoms with Crippen LogP contribution < -0.4 is 5.32 Å². The zero-order valence-corrected chi connectivity index (χ0v) is 14.5. The van der Waals surface area contributed by atoms with E-state index >= 15 is 0 Å². The standard InChI is InChI=1S/C15H19BrClN3/c1-9(2)20-15(12(16)8-19-20)14(18-4)11-6-5-10(3)7-13(11)17/h5-9,14,18H,1-4H3. The average molecular weight is 357 g/mol. The molecule has 20 heavy (non-hydrogen) atoms. The predicted octanol–water partition coefficient (Wildman–Crippen LogP) is 4.50. The van der Waals surface area contributed by atoms with Crippen LogP contribution in [0.3, 0.4) is 0 Å². The van der Waals surface area contributed by atoms with E-state index < -0.39 is 0 Å². The monoisotopic (exact) mass is 355 g/mol. The minimum absolute atomic E-state index is 0.00220. The van der Waals surface area contributed by atoms with E-state index in [2.05, 4.69) is 52.3 Å². The molecule has 0 amide bonds. The van der Waals surface area contributed by atoms with Gasteiger partial charge in [-0.3, -0.25) is 4.68 Å². The van der Waals surface area contributed by atoms with Gasteiger partial charge in [0, 0.05) is 11.1 Å². The van der Waals surface area contributed by atoms with E-state index in [1.165, 1.54) is 0 Å². The lowest BCUT2D eigenvalue weighted by molar-refractivity contribution is 0.483. The van der Waals surface area contributed by atoms with Gasteiger partial charge in [-0.25, -0.2) is 0 Å². The average Bonchev–Trinajstić information content (AvgIpc) is 2.75. The number of rotatable bonds is 4. The third-order valence-electron chi connectivity index (χ3n) is 3.31. The number of aromatic nitrogens is 2. The molecule has 0 aliphatic carbocycles. The molecule has 0 aliphatic rings. The highest BCUT2D eigenvalue weighted by atomic mass is 79.9. The molecule has 1 aromatic heterocycles. The van der Waals surface area contributed by atoms with Crippen LogP contribution in [0.4, 0.5) is 0 Å². The van der Waals surface area contributed by atoms with Crippen molar-refractivity contribution in [3.05, 3.63) is 50.7 Å². The molecule has 1 N–H and O–H groups in total. The van der Waals surface area contributed by atoms with Crippen LogP contribution in [0, 0.1) is 6.92 Å². The van der Waals surface area contributed by atoms with Gasteiger partial charge >= 0.3 is 0 Å². The highest BCUT2D eigenvalue weighted by Crippen LogP contribution is 2.33. The second kappa shape index (κ2) is 6.29. The van der Waals surface area contributed by atoms with Crippen molar-refractivity contribution < 1.29 is 0 Å². The summed E-state index contributed by atoms with van der Waals surface area (Å²) in [6, 6.07) is 6.43. The topological polar surface area (TPSA) is 29.9 Å². The molecule has 3 nitrogen and oxygen atoms in total. The van der Waals surface area contributed by atoms with Crippen LogP contribution in [-0.4, -0.2) is 16.8 Å². The van der Waals surface area contributed by atoms with Crippen molar-refractivity contribution in [2.24, 2.45) is 0 Å². The number of nitrogens with zero attached hydrogens (tertiary/aromatic N) is 2. The minimum atomic E-state index is 0.00220. The smallest absolute Gasteiger partial charge is 0.0772 e. The Labute approximate surface area is 133 Å². The van der Waals surface area contributed by atoms with Crippen molar-refractivity contribution in [3.8, 4) is 0 Å². The molecule has 1 atom stereocenters. The summed E-state index contributed by atoms with van der Waals surface area (Å²) in [6.07, 6.45) is 1.84. The molecule has 0 saturated heterocycles. The Morgan fingerprint density at radius 3 is 2.60 bits per heavy atom. The fraction of sp³-hybridized carbons (Fsp3) is 0.400. The normalized spacial score (nSPS) is 12.9. The zero-order chi connectivity index (χ0) is 14.9. The van der Waals surface area contributed by atoms with Crippen molar-refractivity contribution in [1.29, 1.82) is 0 Å². The number of hydrogen-bond acceptors (Lipinski definition) is 2. The third kappa shape index (κ3) is 2.92. The molecule has 1 aromatic carbocycles. The summed E-state index contributed by atoms with van der Waals surface area (Å²) in [7, 11) is 1.94. The molecular weight excluding hydrogens is 338 g/mol. The van der Waals surface area contributed by atoms with Gasteiger partial charge in [-0.15, -0.1) is 0 Å². The van der Waals surface area contributed by atoms with E-state index in [4.69, 9.17) is 11.6 Å². The molecule has 1 heterocycles. The van der Waals surface area contributed by atoms with Crippen LogP contribution in [0.1, 0.15) is 42.8 Å². The molecule has 0 spiro atoms. The highest BCUT2D eigenvalue weighted by Gasteiger charge is 2.23. The summed E-state index contributed by atoms with van der Waals surface area (Å²) in [5, 5.41) is 8.56. The lowest BCUT2D eigenvalue weighted by Gasteiger charge is -2.22. The van der Waals surface area contributed by atoms with Crippen molar-refractivity contribution in [2.75, 3.05) is 7.05 Å². The largest absolute Gasteiger partial charge is 0.308 e. The van der Waals surface area contributed by atoms with Crippen molar-refractivity contribution >= 4 is 27.5 Å². The molecule has 0 radical (unpaired) electrons. The molecule has 2 rings (SSSR count). The quantitative estimate of drug-likeness (QED) is 0.874. The summed E-state index contributed by atoms with van der Waals surface area (Å²) >= 11 is 10.0. The van der Waals surface area contributed by atoms with Crippen molar-refractivity contribution in [1.82, 2.24) is 15.1 Å². The SMILES string of the molecule is CNC(c1ccc(C)cc1Cl)c1c(Br)cnn1C(C)C. The van der Waals surface area contributed by atoms with Gasteiger partial charge in [0.05, 0.1) is 22.4 Å². The van der Waals surface area contributed by atoms with E-state index in [1.54, 1.807) is 0 Å². The maximum Gasteiger partial charge on any atom is 0.0772 e. The molecule has 1 unspecified atom stereocenters. The van der Waals surface area contributed by atoms with Crippen LogP contribution in [0.15, 0.2) is 28.9 Å². The maximum absolute atomic E-state index is 6.42. The van der Waals surface area contributed by atoms with E-state index in [0.29, 0.717) is 0 Å². The summed E-state index contributed by atoms with van der Waals surface area (Å²) < 4.78 is 3.00. The van der Waals surface area contributed by atoms with Crippen LogP contribution in [0.5, 0.6) is 0 Å². The Bertz CT molecular complexity index is 607. The second-order valence-electron chi connectivity index (χ2n) is 5.16. The Kier molecular flexibility index (Phi) is 4.89. The van der Waals surface area contributed by atoms with E-state index in [0.717, 1.165) is 26.3 Å². The van der Waals surface area contributed by atoms with E-state index in [-0.39, 0.29) is 12.1 Å². The van der Waals surface area contributed by atoms with Crippen LogP contribution in [-0.2, 0) is 0 Å². The molecule has 5 heteroatoms. The van der Waals surface area contributed by atoms with Gasteiger partial charge in [0.15, 0.2) is 0 Å². The molecule has 0 fully saturated rings. The van der Waals surface area contributed by atoms with E-state index in [1.807, 2.05) is 30.9 Å². The fourth-order valence-corrected chi connectivity index (χ4v) is 3.18. The summed E-state index contributed by atoms with van der Waals surface area (Å²) in [4.78, 5) is 0. The molecule has 0 bridgehead atoms. The van der Waals surface area contributed by atoms with Crippen molar-refractivity contribution in [2.45, 2.75) is 32.9 Å². The Hall–Kier alpha value is -0.840. The maximum atomic E-state index is 6.42. The lowest BCUT2D eigenvalue weighted by atomic mass is 10.0. The van der Waals surface area contributed by atoms with Gasteiger partial charge in [0.25, 0.3) is 0 Å². The van der Waals surface area contributed by atoms with Gasteiger partial charge in [-0.2, -0.15) is 5.10 Å². The number of benzene rings is 1. The van der Waals surface area contributed by atoms with Gasteiger partial charge in [-0.1, -0.05) is 23.7 Å². The first kappa shape index (κ1) is 15.5. The number of halogens is 2. The van der Waals surface area contributed by atoms with Crippen LogP contribution >= 0.6 is 27.5 Å². The van der Waals surface area contributed by atoms with Gasteiger partial charge < -0.3 is 5.32 Å². The summed E-state index contributed by atoms with van der Waals surface area (Å²) in [5.74, 6) is 0. The van der Waals surface area contributed by atoms with Gasteiger partial charge in [-0.05, 0) is 60.9 Å². The minimum Gasteiger partial charge on any atom is -0.308 e. The fourth-order valence-electron chi connectivity index (χ4n) is 2.34. The predicted molar refractivity (Wildman–Crippen MR) is 87.4 cm³/mol. The highest BCUT2D eigenvalue weighted by molar-refractivity contribution is 9.10. The summed E-state index contributed by atoms with van der Waals surface area (Å²) in [6.45, 7) is 6.27. The Morgan fingerprint density at radius 2 is 2.05 bits per heavy atom. The lowest BCUT2D eigenvalue weighted by Crippen LogP contribution is -2.23. The molecule has 108 valence electrons. The van der Waals surface area contributed by atoms with Crippen molar-refractivity contribution in [3.63, 3.8) is 0 Å². The molecule has 0 saturated carbocycles. The van der Waals surface area contributed by atoms with Gasteiger partial charge in [0.2, 0.25) is 0 Å². The van der Waals surface area contributed by atoms with Crippen LogP contribution in [0.2, 0.25) is 5.02 Å².